The number of aliphatic hydroxyl groups excluding tert-OH is 2. The average molecular weight is 378 g/mol. The van der Waals surface area contributed by atoms with Crippen molar-refractivity contribution in [3.8, 4) is 0 Å². The van der Waals surface area contributed by atoms with Gasteiger partial charge in [0.2, 0.25) is 0 Å². The molecule has 0 saturated carbocycles. The molecule has 0 radical (unpaired) electrons. The predicted octanol–water partition coefficient (Wildman–Crippen LogP) is 1.69. The molecule has 142 valence electrons. The number of piperazine rings is 1. The lowest BCUT2D eigenvalue weighted by Crippen LogP contribution is -2.47. The molecule has 2 N–H and O–H groups in total. The van der Waals surface area contributed by atoms with Crippen LogP contribution in [0.2, 0.25) is 0 Å². The van der Waals surface area contributed by atoms with Gasteiger partial charge in [0.05, 0.1) is 18.7 Å². The number of aliphatic imine (C=N–C) groups is 1. The van der Waals surface area contributed by atoms with Gasteiger partial charge in [0.15, 0.2) is 5.78 Å². The predicted molar refractivity (Wildman–Crippen MR) is 104 cm³/mol. The lowest BCUT2D eigenvalue weighted by Gasteiger charge is -2.33. The van der Waals surface area contributed by atoms with Crippen molar-refractivity contribution in [3.05, 3.63) is 33.7 Å². The molecule has 1 fully saturated rings. The summed E-state index contributed by atoms with van der Waals surface area (Å²) in [6, 6.07) is 4.00. The number of allylic oxidation sites excluding steroid dienone is 2. The minimum Gasteiger partial charge on any atom is -0.511 e. The number of hydrogen-bond acceptors (Lipinski definition) is 7. The Hall–Kier alpha value is -1.54. The van der Waals surface area contributed by atoms with E-state index in [0.29, 0.717) is 25.0 Å². The van der Waals surface area contributed by atoms with Crippen LogP contribution in [0.25, 0.3) is 0 Å². The van der Waals surface area contributed by atoms with Crippen molar-refractivity contribution in [2.24, 2.45) is 4.99 Å². The molecule has 0 bridgehead atoms. The van der Waals surface area contributed by atoms with E-state index in [9.17, 15) is 9.90 Å². The molecule has 1 aliphatic carbocycles. The summed E-state index contributed by atoms with van der Waals surface area (Å²) >= 11 is 1.63. The molecule has 0 amide bonds. The van der Waals surface area contributed by atoms with Crippen LogP contribution in [0.3, 0.4) is 0 Å². The summed E-state index contributed by atoms with van der Waals surface area (Å²) in [5.41, 5.74) is 0.380. The Bertz CT molecular complexity index is 649. The van der Waals surface area contributed by atoms with Gasteiger partial charge in [-0.15, -0.1) is 11.3 Å². The molecule has 1 atom stereocenters. The number of carbonyl (C=O) groups excluding carboxylic acids is 1. The molecule has 0 spiro atoms. The van der Waals surface area contributed by atoms with E-state index in [1.54, 1.807) is 17.6 Å². The number of thiophene rings is 1. The molecule has 1 unspecified atom stereocenters. The van der Waals surface area contributed by atoms with E-state index in [1.165, 1.54) is 0 Å². The maximum absolute atomic E-state index is 12.4. The van der Waals surface area contributed by atoms with Gasteiger partial charge in [-0.2, -0.15) is 0 Å². The summed E-state index contributed by atoms with van der Waals surface area (Å²) in [6.45, 7) is 6.33. The lowest BCUT2D eigenvalue weighted by molar-refractivity contribution is -0.116. The van der Waals surface area contributed by atoms with Crippen molar-refractivity contribution >= 4 is 23.3 Å². The van der Waals surface area contributed by atoms with Gasteiger partial charge in [0.25, 0.3) is 0 Å². The second-order valence-corrected chi connectivity index (χ2v) is 7.83. The van der Waals surface area contributed by atoms with Crippen LogP contribution in [-0.2, 0) is 4.79 Å². The Morgan fingerprint density at radius 1 is 1.19 bits per heavy atom. The first-order chi connectivity index (χ1) is 12.7. The molecular weight excluding hydrogens is 350 g/mol. The van der Waals surface area contributed by atoms with E-state index in [2.05, 4.69) is 14.8 Å². The van der Waals surface area contributed by atoms with Gasteiger partial charge in [0.1, 0.15) is 5.76 Å². The van der Waals surface area contributed by atoms with E-state index < -0.39 is 0 Å². The fourth-order valence-corrected chi connectivity index (χ4v) is 4.34. The summed E-state index contributed by atoms with van der Waals surface area (Å²) in [7, 11) is 0. The molecule has 1 aromatic rings. The second-order valence-electron chi connectivity index (χ2n) is 6.85. The van der Waals surface area contributed by atoms with Crippen molar-refractivity contribution in [1.29, 1.82) is 0 Å². The van der Waals surface area contributed by atoms with Gasteiger partial charge in [-0.05, 0) is 11.4 Å². The van der Waals surface area contributed by atoms with Crippen LogP contribution in [0.5, 0.6) is 0 Å². The Kier molecular flexibility index (Phi) is 6.96. The van der Waals surface area contributed by atoms with Gasteiger partial charge in [-0.1, -0.05) is 6.07 Å². The Morgan fingerprint density at radius 3 is 2.54 bits per heavy atom. The molecule has 26 heavy (non-hydrogen) atoms. The van der Waals surface area contributed by atoms with Crippen LogP contribution in [0.1, 0.15) is 23.6 Å². The standard InChI is InChI=1S/C19H27N3O3S/c23-10-9-22-7-5-21(6-8-22)4-3-20-14-16-17(24)12-15(13-18(16)25)19-2-1-11-26-19/h1-2,11,14-15,23-24H,3-10,12-13H2. The highest BCUT2D eigenvalue weighted by atomic mass is 32.1. The number of aliphatic hydroxyl groups is 2. The normalized spacial score (nSPS) is 23.3. The maximum atomic E-state index is 12.4. The topological polar surface area (TPSA) is 76.4 Å². The molecule has 2 aliphatic rings. The monoisotopic (exact) mass is 377 g/mol. The lowest BCUT2D eigenvalue weighted by atomic mass is 9.86. The third-order valence-electron chi connectivity index (χ3n) is 5.08. The zero-order chi connectivity index (χ0) is 18.4. The van der Waals surface area contributed by atoms with Gasteiger partial charge in [-0.25, -0.2) is 0 Å². The summed E-state index contributed by atoms with van der Waals surface area (Å²) in [5, 5.41) is 21.2. The fraction of sp³-hybridized carbons (Fsp3) is 0.579. The molecule has 2 heterocycles. The van der Waals surface area contributed by atoms with Gasteiger partial charge in [-0.3, -0.25) is 19.6 Å². The largest absolute Gasteiger partial charge is 0.511 e. The third-order valence-corrected chi connectivity index (χ3v) is 6.11. The van der Waals surface area contributed by atoms with Gasteiger partial charge in [0, 0.05) is 69.1 Å². The zero-order valence-electron chi connectivity index (χ0n) is 15.0. The van der Waals surface area contributed by atoms with Gasteiger partial charge >= 0.3 is 0 Å². The maximum Gasteiger partial charge on any atom is 0.168 e. The number of Topliss-reactive ketones (excluding diaryl/α,β-unsaturated/α-hetero) is 1. The van der Waals surface area contributed by atoms with Crippen LogP contribution in [0.4, 0.5) is 0 Å². The molecule has 7 heteroatoms. The van der Waals surface area contributed by atoms with Crippen LogP contribution < -0.4 is 0 Å². The smallest absolute Gasteiger partial charge is 0.168 e. The van der Waals surface area contributed by atoms with E-state index in [0.717, 1.165) is 44.1 Å². The average Bonchev–Trinajstić information content (AvgIpc) is 3.16. The number of carbonyl (C=O) groups is 1. The Morgan fingerprint density at radius 2 is 1.92 bits per heavy atom. The highest BCUT2D eigenvalue weighted by Gasteiger charge is 2.28. The highest BCUT2D eigenvalue weighted by molar-refractivity contribution is 7.10. The van der Waals surface area contributed by atoms with E-state index in [1.807, 2.05) is 17.5 Å². The van der Waals surface area contributed by atoms with Crippen LogP contribution in [0.15, 0.2) is 33.8 Å². The number of β-amino-alcohol motifs (C(OH)–C–C–N with tert-alkyl or cyclic N) is 1. The first-order valence-electron chi connectivity index (χ1n) is 9.21. The van der Waals surface area contributed by atoms with Crippen molar-refractivity contribution in [2.75, 3.05) is 52.4 Å². The number of hydrogen-bond donors (Lipinski definition) is 2. The molecule has 1 saturated heterocycles. The minimum absolute atomic E-state index is 0.0199. The van der Waals surface area contributed by atoms with Crippen molar-refractivity contribution in [1.82, 2.24) is 9.80 Å². The van der Waals surface area contributed by atoms with Crippen LogP contribution >= 0.6 is 11.3 Å². The van der Waals surface area contributed by atoms with Gasteiger partial charge < -0.3 is 10.2 Å². The van der Waals surface area contributed by atoms with E-state index in [-0.39, 0.29) is 24.1 Å². The second kappa shape index (κ2) is 9.41. The third kappa shape index (κ3) is 5.01. The van der Waals surface area contributed by atoms with E-state index in [4.69, 9.17) is 5.11 Å². The first-order valence-corrected chi connectivity index (χ1v) is 10.1. The van der Waals surface area contributed by atoms with Crippen LogP contribution in [-0.4, -0.2) is 84.4 Å². The summed E-state index contributed by atoms with van der Waals surface area (Å²) in [6.07, 6.45) is 2.52. The molecule has 6 nitrogen and oxygen atoms in total. The summed E-state index contributed by atoms with van der Waals surface area (Å²) in [4.78, 5) is 22.5. The Labute approximate surface area is 158 Å². The highest BCUT2D eigenvalue weighted by Crippen LogP contribution is 2.35. The van der Waals surface area contributed by atoms with Crippen molar-refractivity contribution < 1.29 is 15.0 Å². The summed E-state index contributed by atoms with van der Waals surface area (Å²) < 4.78 is 0. The molecule has 1 aliphatic heterocycles. The molecule has 1 aromatic heterocycles. The van der Waals surface area contributed by atoms with E-state index >= 15 is 0 Å². The van der Waals surface area contributed by atoms with Crippen molar-refractivity contribution in [2.45, 2.75) is 18.8 Å². The van der Waals surface area contributed by atoms with Crippen molar-refractivity contribution in [3.63, 3.8) is 0 Å². The summed E-state index contributed by atoms with van der Waals surface area (Å²) in [5.74, 6) is 0.240. The SMILES string of the molecule is O=C1CC(c2cccs2)CC(O)=C1C=NCCN1CCN(CCO)CC1. The Balaban J connectivity index is 1.46. The zero-order valence-corrected chi connectivity index (χ0v) is 15.8. The quantitative estimate of drug-likeness (QED) is 0.707. The molecule has 0 aromatic carbocycles. The number of ketones is 1. The number of rotatable bonds is 7. The first kappa shape index (κ1) is 19.2. The molecule has 3 rings (SSSR count). The number of nitrogens with zero attached hydrogens (tertiary/aromatic N) is 3. The minimum atomic E-state index is -0.0199. The van der Waals surface area contributed by atoms with Crippen LogP contribution in [0, 0.1) is 0 Å². The fourth-order valence-electron chi connectivity index (χ4n) is 3.51. The molecular formula is C19H27N3O3S.